The number of imidazole rings is 1. The van der Waals surface area contributed by atoms with Crippen LogP contribution in [0.1, 0.15) is 65.8 Å². The van der Waals surface area contributed by atoms with Gasteiger partial charge in [0.1, 0.15) is 17.2 Å². The van der Waals surface area contributed by atoms with Gasteiger partial charge in [0.25, 0.3) is 5.91 Å². The first-order valence-electron chi connectivity index (χ1n) is 15.6. The maximum atomic E-state index is 16.3. The van der Waals surface area contributed by atoms with E-state index in [-0.39, 0.29) is 36.2 Å². The third-order valence-electron chi connectivity index (χ3n) is 10.7. The number of rotatable bonds is 4. The smallest absolute Gasteiger partial charge is 0.254 e. The number of nitrogens with one attached hydrogen (secondary N) is 1. The SMILES string of the molecule is C.O=C(c1ccc2c(c1)nc1n2CC[C@H]2[C@@H]1[C@H](c1cccc(Cl)c1F)[C@]1(C(=O)Nc3cc(Cl)ccc31)N2CC1CC1)N1CC(O)C1. The van der Waals surface area contributed by atoms with E-state index in [1.165, 1.54) is 6.07 Å². The van der Waals surface area contributed by atoms with Crippen LogP contribution in [-0.2, 0) is 16.9 Å². The molecule has 2 amide bonds. The first kappa shape index (κ1) is 29.9. The molecule has 5 heterocycles. The van der Waals surface area contributed by atoms with Crippen LogP contribution in [0.25, 0.3) is 11.0 Å². The molecule has 1 spiro atoms. The number of anilines is 1. The zero-order valence-electron chi connectivity index (χ0n) is 24.2. The van der Waals surface area contributed by atoms with Crippen molar-refractivity contribution in [2.75, 3.05) is 25.0 Å². The standard InChI is InChI=1S/C34H30Cl2FN5O3.CH4/c35-19-7-8-22-24(13-19)39-33(45)34(22)29(21-2-1-3-23(36)30(21)37)28-27(42(34)14-17-4-5-17)10-11-41-26-9-6-18(12-25(26)38-31(28)41)32(44)40-15-20(43)16-40;/h1-3,6-9,12-13,17,20,27-29,43H,4-5,10-11,14-16H2,(H,39,45);1H4/t27-,28+,29-,34+;/m0./s1. The predicted octanol–water partition coefficient (Wildman–Crippen LogP) is 6.15. The highest BCUT2D eigenvalue weighted by atomic mass is 35.5. The van der Waals surface area contributed by atoms with E-state index in [2.05, 4.69) is 14.8 Å². The van der Waals surface area contributed by atoms with Gasteiger partial charge in [-0.3, -0.25) is 14.5 Å². The van der Waals surface area contributed by atoms with E-state index < -0.39 is 23.4 Å². The van der Waals surface area contributed by atoms with Crippen molar-refractivity contribution in [2.45, 2.75) is 62.8 Å². The van der Waals surface area contributed by atoms with Crippen LogP contribution in [0, 0.1) is 11.7 Å². The Morgan fingerprint density at radius 1 is 1.09 bits per heavy atom. The fourth-order valence-corrected chi connectivity index (χ4v) is 8.89. The van der Waals surface area contributed by atoms with Gasteiger partial charge in [0.2, 0.25) is 5.91 Å². The van der Waals surface area contributed by atoms with Crippen molar-refractivity contribution in [3.8, 4) is 0 Å². The third kappa shape index (κ3) is 4.08. The lowest BCUT2D eigenvalue weighted by molar-refractivity contribution is -0.128. The van der Waals surface area contributed by atoms with Gasteiger partial charge in [-0.1, -0.05) is 48.8 Å². The number of aromatic nitrogens is 2. The molecular formula is C35H34Cl2FN5O3. The number of hydrogen-bond donors (Lipinski definition) is 2. The average molecular weight is 663 g/mol. The van der Waals surface area contributed by atoms with E-state index in [1.807, 2.05) is 24.3 Å². The van der Waals surface area contributed by atoms with Crippen molar-refractivity contribution in [3.05, 3.63) is 93.0 Å². The zero-order chi connectivity index (χ0) is 30.8. The number of aliphatic hydroxyl groups excluding tert-OH is 1. The molecule has 0 unspecified atom stereocenters. The number of aryl methyl sites for hydroxylation is 1. The summed E-state index contributed by atoms with van der Waals surface area (Å²) in [6.45, 7) is 2.04. The van der Waals surface area contributed by atoms with Crippen LogP contribution < -0.4 is 5.32 Å². The molecule has 3 fully saturated rings. The minimum absolute atomic E-state index is 0. The van der Waals surface area contributed by atoms with Gasteiger partial charge in [0.15, 0.2) is 0 Å². The summed E-state index contributed by atoms with van der Waals surface area (Å²) in [5.41, 5.74) is 2.72. The number of benzene rings is 3. The summed E-state index contributed by atoms with van der Waals surface area (Å²) in [4.78, 5) is 36.8. The molecule has 8 nitrogen and oxygen atoms in total. The minimum Gasteiger partial charge on any atom is -0.389 e. The number of fused-ring (bicyclic) bond motifs is 7. The second-order valence-corrected chi connectivity index (χ2v) is 14.0. The number of nitrogens with zero attached hydrogens (tertiary/aromatic N) is 4. The molecule has 2 saturated heterocycles. The molecular weight excluding hydrogens is 628 g/mol. The van der Waals surface area contributed by atoms with Crippen molar-refractivity contribution >= 4 is 51.7 Å². The topological polar surface area (TPSA) is 90.7 Å². The molecule has 0 radical (unpaired) electrons. The van der Waals surface area contributed by atoms with Gasteiger partial charge < -0.3 is 19.9 Å². The number of likely N-dealkylation sites (tertiary alicyclic amines) is 2. The largest absolute Gasteiger partial charge is 0.389 e. The van der Waals surface area contributed by atoms with Crippen LogP contribution in [0.2, 0.25) is 10.0 Å². The number of hydrogen-bond acceptors (Lipinski definition) is 5. The summed E-state index contributed by atoms with van der Waals surface area (Å²) in [5, 5.41) is 13.4. The summed E-state index contributed by atoms with van der Waals surface area (Å²) in [5.74, 6) is -0.586. The van der Waals surface area contributed by atoms with E-state index >= 15 is 4.39 Å². The van der Waals surface area contributed by atoms with Gasteiger partial charge in [-0.15, -0.1) is 0 Å². The van der Waals surface area contributed by atoms with E-state index in [1.54, 1.807) is 29.2 Å². The summed E-state index contributed by atoms with van der Waals surface area (Å²) in [6.07, 6.45) is 2.45. The van der Waals surface area contributed by atoms with Crippen molar-refractivity contribution in [3.63, 3.8) is 0 Å². The van der Waals surface area contributed by atoms with Crippen LogP contribution in [0.3, 0.4) is 0 Å². The third-order valence-corrected chi connectivity index (χ3v) is 11.2. The average Bonchev–Trinajstić information content (AvgIpc) is 3.60. The summed E-state index contributed by atoms with van der Waals surface area (Å²) < 4.78 is 18.5. The Morgan fingerprint density at radius 2 is 1.89 bits per heavy atom. The Labute approximate surface area is 276 Å². The highest BCUT2D eigenvalue weighted by Crippen LogP contribution is 2.64. The maximum Gasteiger partial charge on any atom is 0.254 e. The lowest BCUT2D eigenvalue weighted by Gasteiger charge is -2.40. The zero-order valence-corrected chi connectivity index (χ0v) is 25.7. The summed E-state index contributed by atoms with van der Waals surface area (Å²) in [7, 11) is 0. The van der Waals surface area contributed by atoms with Gasteiger partial charge in [0.05, 0.1) is 22.2 Å². The first-order valence-corrected chi connectivity index (χ1v) is 16.3. The number of amides is 2. The molecule has 4 atom stereocenters. The van der Waals surface area contributed by atoms with Crippen LogP contribution in [0.15, 0.2) is 54.6 Å². The predicted molar refractivity (Wildman–Crippen MR) is 175 cm³/mol. The monoisotopic (exact) mass is 661 g/mol. The summed E-state index contributed by atoms with van der Waals surface area (Å²) in [6, 6.07) is 16.0. The molecule has 9 rings (SSSR count). The molecule has 46 heavy (non-hydrogen) atoms. The molecule has 3 aromatic carbocycles. The number of halogens is 3. The highest BCUT2D eigenvalue weighted by molar-refractivity contribution is 6.31. The Bertz CT molecular complexity index is 1940. The van der Waals surface area contributed by atoms with Crippen molar-refractivity contribution < 1.29 is 19.1 Å². The first-order chi connectivity index (χ1) is 21.8. The van der Waals surface area contributed by atoms with Crippen LogP contribution in [-0.4, -0.2) is 68.1 Å². The fraction of sp³-hybridized carbons (Fsp3) is 0.400. The van der Waals surface area contributed by atoms with E-state index in [9.17, 15) is 14.7 Å². The minimum atomic E-state index is -1.20. The lowest BCUT2D eigenvalue weighted by Crippen LogP contribution is -2.53. The molecule has 1 aromatic heterocycles. The van der Waals surface area contributed by atoms with Crippen LogP contribution in [0.5, 0.6) is 0 Å². The van der Waals surface area contributed by atoms with Crippen LogP contribution in [0.4, 0.5) is 10.1 Å². The number of carbonyl (C=O) groups excluding carboxylic acids is 2. The van der Waals surface area contributed by atoms with Gasteiger partial charge in [0, 0.05) is 65.9 Å². The normalized spacial score (nSPS) is 26.8. The van der Waals surface area contributed by atoms with Gasteiger partial charge in [-0.2, -0.15) is 0 Å². The molecule has 4 aliphatic heterocycles. The molecule has 5 aliphatic rings. The quantitative estimate of drug-likeness (QED) is 0.274. The second-order valence-electron chi connectivity index (χ2n) is 13.2. The number of carbonyl (C=O) groups is 2. The molecule has 238 valence electrons. The molecule has 1 saturated carbocycles. The highest BCUT2D eigenvalue weighted by Gasteiger charge is 2.69. The maximum absolute atomic E-state index is 16.3. The Kier molecular flexibility index (Phi) is 6.82. The van der Waals surface area contributed by atoms with Crippen molar-refractivity contribution in [1.82, 2.24) is 19.4 Å². The van der Waals surface area contributed by atoms with E-state index in [4.69, 9.17) is 28.2 Å². The molecule has 0 bridgehead atoms. The molecule has 11 heteroatoms. The van der Waals surface area contributed by atoms with Gasteiger partial charge >= 0.3 is 0 Å². The van der Waals surface area contributed by atoms with Crippen LogP contribution >= 0.6 is 23.2 Å². The summed E-state index contributed by atoms with van der Waals surface area (Å²) >= 11 is 12.8. The van der Waals surface area contributed by atoms with Crippen molar-refractivity contribution in [2.24, 2.45) is 5.92 Å². The van der Waals surface area contributed by atoms with E-state index in [0.29, 0.717) is 52.9 Å². The lowest BCUT2D eigenvalue weighted by atomic mass is 9.70. The fourth-order valence-electron chi connectivity index (χ4n) is 8.53. The Hall–Kier alpha value is -3.50. The number of β-amino-alcohol motifs (C(OH)–C–C–N with tert-alkyl or cyclic N) is 1. The molecule has 1 aliphatic carbocycles. The molecule has 4 aromatic rings. The Morgan fingerprint density at radius 3 is 2.65 bits per heavy atom. The number of aliphatic hydroxyl groups is 1. The van der Waals surface area contributed by atoms with Gasteiger partial charge in [-0.05, 0) is 67.1 Å². The Balaban J connectivity index is 0.00000312. The van der Waals surface area contributed by atoms with Gasteiger partial charge in [-0.25, -0.2) is 9.37 Å². The molecule has 2 N–H and O–H groups in total. The second kappa shape index (κ2) is 10.5. The van der Waals surface area contributed by atoms with Crippen molar-refractivity contribution in [1.29, 1.82) is 0 Å². The van der Waals surface area contributed by atoms with E-state index in [0.717, 1.165) is 42.7 Å².